The van der Waals surface area contributed by atoms with E-state index in [9.17, 15) is 4.79 Å². The normalized spacial score (nSPS) is 12.7. The van der Waals surface area contributed by atoms with E-state index in [4.69, 9.17) is 11.6 Å². The first-order valence-electron chi connectivity index (χ1n) is 6.54. The Kier molecular flexibility index (Phi) is 3.83. The van der Waals surface area contributed by atoms with Crippen molar-refractivity contribution in [1.82, 2.24) is 9.97 Å². The van der Waals surface area contributed by atoms with Gasteiger partial charge in [-0.2, -0.15) is 0 Å². The van der Waals surface area contributed by atoms with E-state index in [1.165, 1.54) is 11.8 Å². The van der Waals surface area contributed by atoms with E-state index in [0.29, 0.717) is 16.5 Å². The highest BCUT2D eigenvalue weighted by molar-refractivity contribution is 6.29. The molecule has 21 heavy (non-hydrogen) atoms. The zero-order valence-corrected chi connectivity index (χ0v) is 11.9. The van der Waals surface area contributed by atoms with Crippen LogP contribution in [0.1, 0.15) is 18.5 Å². The van der Waals surface area contributed by atoms with Gasteiger partial charge in [0.15, 0.2) is 0 Å². The van der Waals surface area contributed by atoms with Crippen molar-refractivity contribution >= 4 is 35.1 Å². The summed E-state index contributed by atoms with van der Waals surface area (Å²) >= 11 is 5.77. The molecule has 0 aromatic carbocycles. The van der Waals surface area contributed by atoms with E-state index in [-0.39, 0.29) is 6.03 Å². The molecule has 0 saturated heterocycles. The van der Waals surface area contributed by atoms with Gasteiger partial charge in [0.05, 0.1) is 5.69 Å². The first-order valence-corrected chi connectivity index (χ1v) is 6.92. The second-order valence-corrected chi connectivity index (χ2v) is 5.11. The first kappa shape index (κ1) is 13.6. The van der Waals surface area contributed by atoms with Crippen LogP contribution in [-0.4, -0.2) is 16.0 Å². The minimum atomic E-state index is -0.339. The second kappa shape index (κ2) is 5.93. The minimum Gasteiger partial charge on any atom is -0.308 e. The number of carbonyl (C=O) groups is 1. The Morgan fingerprint density at radius 1 is 1.10 bits per heavy atom. The molecule has 106 valence electrons. The summed E-state index contributed by atoms with van der Waals surface area (Å²) in [6, 6.07) is 6.49. The molecule has 2 N–H and O–H groups in total. The standard InChI is InChI=1S/C15H13ClN4O/c16-14-9-12(4-6-18-14)20-15(21)19-11-3-5-17-13(8-11)7-10-1-2-10/h3-9H,1-2H2,(H2,17,18,19,20,21). The fraction of sp³-hybridized carbons (Fsp3) is 0.133. The summed E-state index contributed by atoms with van der Waals surface area (Å²) in [5, 5.41) is 5.78. The van der Waals surface area contributed by atoms with Crippen molar-refractivity contribution in [1.29, 1.82) is 0 Å². The molecule has 1 fully saturated rings. The molecule has 0 bridgehead atoms. The number of nitrogens with zero attached hydrogens (tertiary/aromatic N) is 2. The Morgan fingerprint density at radius 3 is 2.43 bits per heavy atom. The zero-order valence-electron chi connectivity index (χ0n) is 11.1. The summed E-state index contributed by atoms with van der Waals surface area (Å²) in [7, 11) is 0. The number of pyridine rings is 2. The van der Waals surface area contributed by atoms with Crippen molar-refractivity contribution in [2.24, 2.45) is 0 Å². The Bertz CT molecular complexity index is 708. The molecule has 5 nitrogen and oxygen atoms in total. The topological polar surface area (TPSA) is 66.9 Å². The number of hydrogen-bond acceptors (Lipinski definition) is 3. The van der Waals surface area contributed by atoms with E-state index in [2.05, 4.69) is 20.6 Å². The average molecular weight is 301 g/mol. The van der Waals surface area contributed by atoms with Gasteiger partial charge in [-0.05, 0) is 43.2 Å². The highest BCUT2D eigenvalue weighted by Gasteiger charge is 2.11. The highest BCUT2D eigenvalue weighted by Crippen LogP contribution is 2.29. The molecule has 0 unspecified atom stereocenters. The van der Waals surface area contributed by atoms with Gasteiger partial charge in [-0.25, -0.2) is 9.78 Å². The van der Waals surface area contributed by atoms with Gasteiger partial charge in [-0.3, -0.25) is 4.98 Å². The predicted molar refractivity (Wildman–Crippen MR) is 83.3 cm³/mol. The molecule has 6 heteroatoms. The van der Waals surface area contributed by atoms with Gasteiger partial charge in [0, 0.05) is 23.8 Å². The van der Waals surface area contributed by atoms with E-state index in [1.807, 2.05) is 12.1 Å². The molecule has 2 aromatic rings. The highest BCUT2D eigenvalue weighted by atomic mass is 35.5. The Labute approximate surface area is 127 Å². The molecule has 0 radical (unpaired) electrons. The van der Waals surface area contributed by atoms with Gasteiger partial charge in [0.25, 0.3) is 0 Å². The fourth-order valence-electron chi connectivity index (χ4n) is 1.80. The molecule has 2 amide bonds. The summed E-state index contributed by atoms with van der Waals surface area (Å²) < 4.78 is 0. The monoisotopic (exact) mass is 300 g/mol. The van der Waals surface area contributed by atoms with Crippen LogP contribution in [0, 0.1) is 0 Å². The van der Waals surface area contributed by atoms with Crippen LogP contribution in [0.5, 0.6) is 0 Å². The SMILES string of the molecule is O=C(Nc1ccnc(Cl)c1)Nc1ccnc(C=C2CC2)c1. The van der Waals surface area contributed by atoms with Crippen LogP contribution < -0.4 is 10.6 Å². The van der Waals surface area contributed by atoms with Crippen LogP contribution in [0.25, 0.3) is 6.08 Å². The van der Waals surface area contributed by atoms with E-state index < -0.39 is 0 Å². The van der Waals surface area contributed by atoms with E-state index in [0.717, 1.165) is 18.5 Å². The number of allylic oxidation sites excluding steroid dienone is 1. The molecule has 1 aliphatic rings. The summed E-state index contributed by atoms with van der Waals surface area (Å²) in [5.41, 5.74) is 3.51. The maximum Gasteiger partial charge on any atom is 0.323 e. The van der Waals surface area contributed by atoms with E-state index in [1.54, 1.807) is 24.4 Å². The van der Waals surface area contributed by atoms with Crippen LogP contribution in [-0.2, 0) is 0 Å². The molecule has 0 aliphatic heterocycles. The van der Waals surface area contributed by atoms with Gasteiger partial charge >= 0.3 is 6.03 Å². The molecule has 3 rings (SSSR count). The molecular formula is C15H13ClN4O. The van der Waals surface area contributed by atoms with Gasteiger partial charge in [0.1, 0.15) is 5.15 Å². The van der Waals surface area contributed by atoms with Crippen LogP contribution >= 0.6 is 11.6 Å². The smallest absolute Gasteiger partial charge is 0.308 e. The Morgan fingerprint density at radius 2 is 1.76 bits per heavy atom. The molecule has 2 heterocycles. The second-order valence-electron chi connectivity index (χ2n) is 4.72. The predicted octanol–water partition coefficient (Wildman–Crippen LogP) is 3.95. The maximum absolute atomic E-state index is 11.9. The third-order valence-corrected chi connectivity index (χ3v) is 3.12. The molecule has 2 aromatic heterocycles. The van der Waals surface area contributed by atoms with Gasteiger partial charge in [0.2, 0.25) is 0 Å². The third-order valence-electron chi connectivity index (χ3n) is 2.91. The average Bonchev–Trinajstić information content (AvgIpc) is 3.23. The van der Waals surface area contributed by atoms with Crippen LogP contribution in [0.2, 0.25) is 5.15 Å². The van der Waals surface area contributed by atoms with E-state index >= 15 is 0 Å². The molecule has 0 atom stereocenters. The number of carbonyl (C=O) groups excluding carboxylic acids is 1. The largest absolute Gasteiger partial charge is 0.323 e. The van der Waals surface area contributed by atoms with Crippen LogP contribution in [0.15, 0.2) is 42.2 Å². The number of anilines is 2. The quantitative estimate of drug-likeness (QED) is 0.843. The summed E-state index contributed by atoms with van der Waals surface area (Å²) in [6.07, 6.45) is 7.54. The van der Waals surface area contributed by atoms with Crippen molar-refractivity contribution < 1.29 is 4.79 Å². The van der Waals surface area contributed by atoms with Crippen LogP contribution in [0.4, 0.5) is 16.2 Å². The number of halogens is 1. The maximum atomic E-state index is 11.9. The third kappa shape index (κ3) is 4.03. The molecular weight excluding hydrogens is 288 g/mol. The number of amides is 2. The fourth-order valence-corrected chi connectivity index (χ4v) is 1.98. The van der Waals surface area contributed by atoms with Crippen molar-refractivity contribution in [2.45, 2.75) is 12.8 Å². The lowest BCUT2D eigenvalue weighted by molar-refractivity contribution is 0.262. The van der Waals surface area contributed by atoms with Gasteiger partial charge in [-0.15, -0.1) is 0 Å². The summed E-state index contributed by atoms with van der Waals surface area (Å²) in [5.74, 6) is 0. The minimum absolute atomic E-state index is 0.329. The number of hydrogen-bond donors (Lipinski definition) is 2. The van der Waals surface area contributed by atoms with Gasteiger partial charge in [-0.1, -0.05) is 17.2 Å². The van der Waals surface area contributed by atoms with Crippen molar-refractivity contribution in [3.05, 3.63) is 53.1 Å². The lowest BCUT2D eigenvalue weighted by Crippen LogP contribution is -2.19. The Hall–Kier alpha value is -2.40. The molecule has 0 spiro atoms. The Balaban J connectivity index is 1.65. The van der Waals surface area contributed by atoms with Crippen LogP contribution in [0.3, 0.4) is 0 Å². The number of aromatic nitrogens is 2. The zero-order chi connectivity index (χ0) is 14.7. The first-order chi connectivity index (χ1) is 10.2. The number of nitrogens with one attached hydrogen (secondary N) is 2. The van der Waals surface area contributed by atoms with Crippen molar-refractivity contribution in [3.63, 3.8) is 0 Å². The molecule has 1 aliphatic carbocycles. The molecule has 1 saturated carbocycles. The van der Waals surface area contributed by atoms with Gasteiger partial charge < -0.3 is 10.6 Å². The van der Waals surface area contributed by atoms with Crippen molar-refractivity contribution in [3.8, 4) is 0 Å². The lowest BCUT2D eigenvalue weighted by Gasteiger charge is -2.08. The number of urea groups is 1. The summed E-state index contributed by atoms with van der Waals surface area (Å²) in [4.78, 5) is 20.0. The number of rotatable bonds is 3. The van der Waals surface area contributed by atoms with Crippen molar-refractivity contribution in [2.75, 3.05) is 10.6 Å². The lowest BCUT2D eigenvalue weighted by atomic mass is 10.3. The summed E-state index contributed by atoms with van der Waals surface area (Å²) in [6.45, 7) is 0.